The average Bonchev–Trinajstić information content (AvgIpc) is 3.38. The molecule has 0 aromatic heterocycles. The number of rotatable bonds is 6. The highest BCUT2D eigenvalue weighted by Gasteiger charge is 2.35. The first kappa shape index (κ1) is 15.3. The molecule has 1 aromatic carbocycles. The molecule has 2 atom stereocenters. The summed E-state index contributed by atoms with van der Waals surface area (Å²) in [6.45, 7) is 0.358. The molecule has 2 aliphatic carbocycles. The van der Waals surface area contributed by atoms with E-state index < -0.39 is 6.10 Å². The van der Waals surface area contributed by atoms with Gasteiger partial charge in [0, 0.05) is 13.6 Å². The molecule has 4 nitrogen and oxygen atoms in total. The Morgan fingerprint density at radius 2 is 1.86 bits per heavy atom. The van der Waals surface area contributed by atoms with Crippen LogP contribution in [-0.2, 0) is 0 Å². The van der Waals surface area contributed by atoms with Crippen LogP contribution in [0.3, 0.4) is 0 Å². The minimum absolute atomic E-state index is 0.0754. The average molecular weight is 306 g/mol. The van der Waals surface area contributed by atoms with E-state index in [1.807, 2.05) is 0 Å². The van der Waals surface area contributed by atoms with Gasteiger partial charge in [-0.3, -0.25) is 0 Å². The standard InChI is InChI=1S/C17H23FN2O2/c1-20(10-15(21)11-2-3-11)17(22)19-16(12-4-5-12)13-6-8-14(18)9-7-13/h6-9,11-12,15-16,21H,2-5,10H2,1H3,(H,19,22). The van der Waals surface area contributed by atoms with Crippen LogP contribution in [0.1, 0.15) is 37.3 Å². The van der Waals surface area contributed by atoms with E-state index in [-0.39, 0.29) is 17.9 Å². The fourth-order valence-corrected chi connectivity index (χ4v) is 2.81. The normalized spacial score (nSPS) is 20.3. The summed E-state index contributed by atoms with van der Waals surface area (Å²) in [5.41, 5.74) is 0.938. The molecule has 2 amide bonds. The number of carbonyl (C=O) groups excluding carboxylic acids is 1. The van der Waals surface area contributed by atoms with Crippen LogP contribution in [0.25, 0.3) is 0 Å². The zero-order valence-corrected chi connectivity index (χ0v) is 12.8. The molecule has 2 unspecified atom stereocenters. The predicted molar refractivity (Wildman–Crippen MR) is 81.8 cm³/mol. The molecule has 0 heterocycles. The minimum atomic E-state index is -0.430. The summed E-state index contributed by atoms with van der Waals surface area (Å²) in [6.07, 6.45) is 3.84. The summed E-state index contributed by atoms with van der Waals surface area (Å²) in [4.78, 5) is 13.9. The molecular weight excluding hydrogens is 283 g/mol. The van der Waals surface area contributed by atoms with Crippen molar-refractivity contribution in [3.05, 3.63) is 35.6 Å². The van der Waals surface area contributed by atoms with Crippen molar-refractivity contribution < 1.29 is 14.3 Å². The maximum atomic E-state index is 13.1. The lowest BCUT2D eigenvalue weighted by atomic mass is 10.0. The Bertz CT molecular complexity index is 526. The van der Waals surface area contributed by atoms with E-state index in [0.717, 1.165) is 31.2 Å². The van der Waals surface area contributed by atoms with Gasteiger partial charge in [0.05, 0.1) is 12.1 Å². The molecule has 120 valence electrons. The summed E-state index contributed by atoms with van der Waals surface area (Å²) >= 11 is 0. The van der Waals surface area contributed by atoms with E-state index >= 15 is 0 Å². The van der Waals surface area contributed by atoms with Gasteiger partial charge in [-0.1, -0.05) is 12.1 Å². The number of amides is 2. The third kappa shape index (κ3) is 3.77. The first-order valence-electron chi connectivity index (χ1n) is 7.99. The largest absolute Gasteiger partial charge is 0.391 e. The van der Waals surface area contributed by atoms with Crippen LogP contribution in [0.2, 0.25) is 0 Å². The molecule has 0 spiro atoms. The Kier molecular flexibility index (Phi) is 4.34. The van der Waals surface area contributed by atoms with Crippen LogP contribution < -0.4 is 5.32 Å². The summed E-state index contributed by atoms with van der Waals surface area (Å²) in [6, 6.07) is 6.07. The Morgan fingerprint density at radius 1 is 1.27 bits per heavy atom. The summed E-state index contributed by atoms with van der Waals surface area (Å²) in [5, 5.41) is 13.0. The number of halogens is 1. The number of urea groups is 1. The first-order valence-corrected chi connectivity index (χ1v) is 7.99. The summed E-state index contributed by atoms with van der Waals surface area (Å²) in [5.74, 6) is 0.511. The van der Waals surface area contributed by atoms with Gasteiger partial charge in [0.25, 0.3) is 0 Å². The lowest BCUT2D eigenvalue weighted by molar-refractivity contribution is 0.112. The van der Waals surface area contributed by atoms with Crippen LogP contribution >= 0.6 is 0 Å². The van der Waals surface area contributed by atoms with Crippen molar-refractivity contribution in [1.29, 1.82) is 0 Å². The van der Waals surface area contributed by atoms with Crippen molar-refractivity contribution in [3.63, 3.8) is 0 Å². The molecule has 22 heavy (non-hydrogen) atoms. The molecule has 2 N–H and O–H groups in total. The fourth-order valence-electron chi connectivity index (χ4n) is 2.81. The highest BCUT2D eigenvalue weighted by atomic mass is 19.1. The van der Waals surface area contributed by atoms with E-state index in [4.69, 9.17) is 0 Å². The van der Waals surface area contributed by atoms with E-state index in [0.29, 0.717) is 18.4 Å². The number of nitrogens with zero attached hydrogens (tertiary/aromatic N) is 1. The second-order valence-electron chi connectivity index (χ2n) is 6.60. The zero-order valence-electron chi connectivity index (χ0n) is 12.8. The van der Waals surface area contributed by atoms with Crippen LogP contribution in [0.4, 0.5) is 9.18 Å². The third-order valence-corrected chi connectivity index (χ3v) is 4.58. The fraction of sp³-hybridized carbons (Fsp3) is 0.588. The summed E-state index contributed by atoms with van der Waals surface area (Å²) in [7, 11) is 1.70. The molecule has 1 aromatic rings. The van der Waals surface area contributed by atoms with Crippen molar-refractivity contribution in [1.82, 2.24) is 10.2 Å². The highest BCUT2D eigenvalue weighted by Crippen LogP contribution is 2.41. The van der Waals surface area contributed by atoms with Gasteiger partial charge >= 0.3 is 6.03 Å². The first-order chi connectivity index (χ1) is 10.5. The van der Waals surface area contributed by atoms with Crippen LogP contribution in [-0.4, -0.2) is 35.7 Å². The number of hydrogen-bond donors (Lipinski definition) is 2. The Labute approximate surface area is 130 Å². The molecule has 2 fully saturated rings. The van der Waals surface area contributed by atoms with Gasteiger partial charge in [-0.25, -0.2) is 9.18 Å². The van der Waals surface area contributed by atoms with Gasteiger partial charge in [0.1, 0.15) is 5.82 Å². The van der Waals surface area contributed by atoms with E-state index in [1.165, 1.54) is 12.1 Å². The number of hydrogen-bond acceptors (Lipinski definition) is 2. The molecular formula is C17H23FN2O2. The Balaban J connectivity index is 1.60. The second-order valence-corrected chi connectivity index (χ2v) is 6.60. The maximum Gasteiger partial charge on any atom is 0.317 e. The topological polar surface area (TPSA) is 52.6 Å². The Morgan fingerprint density at radius 3 is 2.41 bits per heavy atom. The van der Waals surface area contributed by atoms with Gasteiger partial charge < -0.3 is 15.3 Å². The molecule has 5 heteroatoms. The van der Waals surface area contributed by atoms with Crippen molar-refractivity contribution in [2.24, 2.45) is 11.8 Å². The van der Waals surface area contributed by atoms with Crippen LogP contribution in [0, 0.1) is 17.7 Å². The number of nitrogens with one attached hydrogen (secondary N) is 1. The number of carbonyl (C=O) groups is 1. The molecule has 0 radical (unpaired) electrons. The molecule has 0 bridgehead atoms. The van der Waals surface area contributed by atoms with Gasteiger partial charge in [0.15, 0.2) is 0 Å². The number of aliphatic hydroxyl groups excluding tert-OH is 1. The minimum Gasteiger partial charge on any atom is -0.391 e. The zero-order chi connectivity index (χ0) is 15.7. The van der Waals surface area contributed by atoms with Gasteiger partial charge in [-0.2, -0.15) is 0 Å². The summed E-state index contributed by atoms with van der Waals surface area (Å²) < 4.78 is 13.1. The molecule has 2 aliphatic rings. The van der Waals surface area contributed by atoms with E-state index in [9.17, 15) is 14.3 Å². The lowest BCUT2D eigenvalue weighted by Crippen LogP contribution is -2.43. The van der Waals surface area contributed by atoms with Gasteiger partial charge in [-0.15, -0.1) is 0 Å². The number of likely N-dealkylation sites (N-methyl/N-ethyl adjacent to an activating group) is 1. The lowest BCUT2D eigenvalue weighted by Gasteiger charge is -2.25. The maximum absolute atomic E-state index is 13.1. The second kappa shape index (κ2) is 6.24. The quantitative estimate of drug-likeness (QED) is 0.849. The monoisotopic (exact) mass is 306 g/mol. The van der Waals surface area contributed by atoms with E-state index in [2.05, 4.69) is 5.32 Å². The number of benzene rings is 1. The third-order valence-electron chi connectivity index (χ3n) is 4.58. The number of aliphatic hydroxyl groups is 1. The van der Waals surface area contributed by atoms with Crippen molar-refractivity contribution in [2.75, 3.05) is 13.6 Å². The molecule has 3 rings (SSSR count). The smallest absolute Gasteiger partial charge is 0.317 e. The highest BCUT2D eigenvalue weighted by molar-refractivity contribution is 5.74. The van der Waals surface area contributed by atoms with Gasteiger partial charge in [0.2, 0.25) is 0 Å². The van der Waals surface area contributed by atoms with Crippen molar-refractivity contribution in [2.45, 2.75) is 37.8 Å². The SMILES string of the molecule is CN(CC(O)C1CC1)C(=O)NC(c1ccc(F)cc1)C1CC1. The predicted octanol–water partition coefficient (Wildman–Crippen LogP) is 2.69. The molecule has 0 aliphatic heterocycles. The van der Waals surface area contributed by atoms with Crippen LogP contribution in [0.5, 0.6) is 0 Å². The Hall–Kier alpha value is -1.62. The molecule has 0 saturated heterocycles. The van der Waals surface area contributed by atoms with Crippen LogP contribution in [0.15, 0.2) is 24.3 Å². The molecule has 2 saturated carbocycles. The van der Waals surface area contributed by atoms with Crippen molar-refractivity contribution >= 4 is 6.03 Å². The van der Waals surface area contributed by atoms with Gasteiger partial charge in [-0.05, 0) is 55.2 Å². The van der Waals surface area contributed by atoms with E-state index in [1.54, 1.807) is 24.1 Å². The van der Waals surface area contributed by atoms with Crippen molar-refractivity contribution in [3.8, 4) is 0 Å².